The van der Waals surface area contributed by atoms with Crippen LogP contribution in [-0.4, -0.2) is 23.7 Å². The Morgan fingerprint density at radius 1 is 1.29 bits per heavy atom. The van der Waals surface area contributed by atoms with E-state index < -0.39 is 6.10 Å². The molecule has 0 aromatic rings. The number of aliphatic hydroxyl groups is 1. The zero-order chi connectivity index (χ0) is 13.1. The Hall–Kier alpha value is -0.570. The first-order valence-electron chi connectivity index (χ1n) is 6.76. The van der Waals surface area contributed by atoms with Crippen molar-refractivity contribution in [3.8, 4) is 0 Å². The van der Waals surface area contributed by atoms with Gasteiger partial charge in [-0.3, -0.25) is 4.79 Å². The van der Waals surface area contributed by atoms with E-state index in [1.54, 1.807) is 0 Å². The highest BCUT2D eigenvalue weighted by atomic mass is 16.3. The highest BCUT2D eigenvalue weighted by Crippen LogP contribution is 2.28. The molecule has 3 heteroatoms. The second-order valence-electron chi connectivity index (χ2n) is 6.58. The molecule has 100 valence electrons. The van der Waals surface area contributed by atoms with Crippen molar-refractivity contribution in [3.63, 3.8) is 0 Å². The number of nitrogens with one attached hydrogen (secondary N) is 1. The Kier molecular flexibility index (Phi) is 4.99. The zero-order valence-electron chi connectivity index (χ0n) is 11.6. The number of carbonyl (C=O) groups is 1. The van der Waals surface area contributed by atoms with Crippen LogP contribution in [0.4, 0.5) is 0 Å². The van der Waals surface area contributed by atoms with Crippen LogP contribution in [0.15, 0.2) is 0 Å². The molecule has 1 amide bonds. The van der Waals surface area contributed by atoms with Gasteiger partial charge in [0.2, 0.25) is 5.91 Å². The molecule has 0 aromatic heterocycles. The first-order valence-corrected chi connectivity index (χ1v) is 6.76. The molecule has 1 unspecified atom stereocenters. The molecule has 0 radical (unpaired) electrons. The van der Waals surface area contributed by atoms with Gasteiger partial charge < -0.3 is 10.4 Å². The first-order chi connectivity index (χ1) is 7.80. The topological polar surface area (TPSA) is 49.3 Å². The maximum Gasteiger partial charge on any atom is 0.223 e. The lowest BCUT2D eigenvalue weighted by Gasteiger charge is -2.28. The summed E-state index contributed by atoms with van der Waals surface area (Å²) in [6.07, 6.45) is 3.82. The minimum Gasteiger partial charge on any atom is -0.391 e. The predicted molar refractivity (Wildman–Crippen MR) is 69.6 cm³/mol. The molecule has 0 bridgehead atoms. The second-order valence-corrected chi connectivity index (χ2v) is 6.58. The molecular weight excluding hydrogens is 214 g/mol. The van der Waals surface area contributed by atoms with Crippen LogP contribution in [0.1, 0.15) is 53.4 Å². The van der Waals surface area contributed by atoms with Gasteiger partial charge in [-0.05, 0) is 37.0 Å². The summed E-state index contributed by atoms with van der Waals surface area (Å²) >= 11 is 0. The lowest BCUT2D eigenvalue weighted by atomic mass is 9.82. The maximum absolute atomic E-state index is 11.9. The van der Waals surface area contributed by atoms with Crippen LogP contribution in [0.2, 0.25) is 0 Å². The fourth-order valence-electron chi connectivity index (χ4n) is 2.17. The molecule has 0 aliphatic heterocycles. The van der Waals surface area contributed by atoms with Gasteiger partial charge in [-0.1, -0.05) is 27.7 Å². The van der Waals surface area contributed by atoms with Crippen molar-refractivity contribution in [1.29, 1.82) is 0 Å². The average molecular weight is 241 g/mol. The SMILES string of the molecule is CC1CCC(C(=O)NCC(O)C(C)(C)C)CC1. The Labute approximate surface area is 105 Å². The van der Waals surface area contributed by atoms with Gasteiger partial charge in [0.25, 0.3) is 0 Å². The summed E-state index contributed by atoms with van der Waals surface area (Å²) in [7, 11) is 0. The molecule has 1 rings (SSSR count). The summed E-state index contributed by atoms with van der Waals surface area (Å²) in [5.41, 5.74) is -0.172. The van der Waals surface area contributed by atoms with Crippen molar-refractivity contribution in [2.24, 2.45) is 17.3 Å². The van der Waals surface area contributed by atoms with Gasteiger partial charge in [-0.25, -0.2) is 0 Å². The largest absolute Gasteiger partial charge is 0.391 e. The molecule has 1 atom stereocenters. The average Bonchev–Trinajstić information content (AvgIpc) is 2.25. The van der Waals surface area contributed by atoms with Crippen molar-refractivity contribution in [1.82, 2.24) is 5.32 Å². The van der Waals surface area contributed by atoms with Gasteiger partial charge in [-0.2, -0.15) is 0 Å². The van der Waals surface area contributed by atoms with Gasteiger partial charge in [0.1, 0.15) is 0 Å². The summed E-state index contributed by atoms with van der Waals surface area (Å²) in [4.78, 5) is 11.9. The zero-order valence-corrected chi connectivity index (χ0v) is 11.6. The van der Waals surface area contributed by atoms with E-state index in [2.05, 4.69) is 12.2 Å². The standard InChI is InChI=1S/C14H27NO2/c1-10-5-7-11(8-6-10)13(17)15-9-12(16)14(2,3)4/h10-12,16H,5-9H2,1-4H3,(H,15,17). The molecule has 17 heavy (non-hydrogen) atoms. The molecule has 1 aliphatic carbocycles. The van der Waals surface area contributed by atoms with Crippen molar-refractivity contribution >= 4 is 5.91 Å². The van der Waals surface area contributed by atoms with Gasteiger partial charge in [0.05, 0.1) is 6.10 Å². The third-order valence-electron chi connectivity index (χ3n) is 3.86. The molecule has 0 saturated heterocycles. The molecule has 0 aromatic carbocycles. The third-order valence-corrected chi connectivity index (χ3v) is 3.86. The minimum atomic E-state index is -0.478. The number of amides is 1. The summed E-state index contributed by atoms with van der Waals surface area (Å²) in [6.45, 7) is 8.55. The van der Waals surface area contributed by atoms with E-state index in [-0.39, 0.29) is 17.2 Å². The molecule has 3 nitrogen and oxygen atoms in total. The van der Waals surface area contributed by atoms with Crippen LogP contribution >= 0.6 is 0 Å². The normalized spacial score (nSPS) is 27.6. The highest BCUT2D eigenvalue weighted by molar-refractivity contribution is 5.78. The molecule has 1 saturated carbocycles. The molecule has 2 N–H and O–H groups in total. The third kappa shape index (κ3) is 4.66. The van der Waals surface area contributed by atoms with Crippen molar-refractivity contribution in [2.75, 3.05) is 6.54 Å². The second kappa shape index (κ2) is 5.85. The summed E-state index contributed by atoms with van der Waals surface area (Å²) in [6, 6.07) is 0. The molecular formula is C14H27NO2. The molecule has 1 aliphatic rings. The van der Waals surface area contributed by atoms with Gasteiger partial charge in [-0.15, -0.1) is 0 Å². The van der Waals surface area contributed by atoms with Gasteiger partial charge >= 0.3 is 0 Å². The van der Waals surface area contributed by atoms with E-state index in [1.165, 1.54) is 0 Å². The Morgan fingerprint density at radius 3 is 2.29 bits per heavy atom. The maximum atomic E-state index is 11.9. The van der Waals surface area contributed by atoms with Crippen LogP contribution in [-0.2, 0) is 4.79 Å². The summed E-state index contributed by atoms with van der Waals surface area (Å²) in [5, 5.41) is 12.7. The van der Waals surface area contributed by atoms with Crippen molar-refractivity contribution in [2.45, 2.75) is 59.5 Å². The van der Waals surface area contributed by atoms with Crippen LogP contribution in [0.25, 0.3) is 0 Å². The van der Waals surface area contributed by atoms with Crippen LogP contribution in [0, 0.1) is 17.3 Å². The predicted octanol–water partition coefficient (Wildman–Crippen LogP) is 2.34. The number of carbonyl (C=O) groups excluding carboxylic acids is 1. The smallest absolute Gasteiger partial charge is 0.223 e. The van der Waals surface area contributed by atoms with Crippen LogP contribution in [0.3, 0.4) is 0 Å². The molecule has 1 fully saturated rings. The van der Waals surface area contributed by atoms with E-state index in [1.807, 2.05) is 20.8 Å². The number of hydrogen-bond acceptors (Lipinski definition) is 2. The number of hydrogen-bond donors (Lipinski definition) is 2. The monoisotopic (exact) mass is 241 g/mol. The highest BCUT2D eigenvalue weighted by Gasteiger charge is 2.26. The van der Waals surface area contributed by atoms with E-state index in [4.69, 9.17) is 0 Å². The Morgan fingerprint density at radius 2 is 1.82 bits per heavy atom. The van der Waals surface area contributed by atoms with Crippen molar-refractivity contribution < 1.29 is 9.90 Å². The van der Waals surface area contributed by atoms with Gasteiger partial charge in [0, 0.05) is 12.5 Å². The van der Waals surface area contributed by atoms with E-state index >= 15 is 0 Å². The number of rotatable bonds is 3. The fraction of sp³-hybridized carbons (Fsp3) is 0.929. The Balaban J connectivity index is 2.30. The minimum absolute atomic E-state index is 0.125. The molecule has 0 heterocycles. The quantitative estimate of drug-likeness (QED) is 0.797. The lowest BCUT2D eigenvalue weighted by molar-refractivity contribution is -0.127. The van der Waals surface area contributed by atoms with E-state index in [0.717, 1.165) is 31.6 Å². The Bertz CT molecular complexity index is 249. The van der Waals surface area contributed by atoms with E-state index in [9.17, 15) is 9.90 Å². The fourth-order valence-corrected chi connectivity index (χ4v) is 2.17. The van der Waals surface area contributed by atoms with Gasteiger partial charge in [0.15, 0.2) is 0 Å². The van der Waals surface area contributed by atoms with Crippen LogP contribution in [0.5, 0.6) is 0 Å². The number of aliphatic hydroxyl groups excluding tert-OH is 1. The lowest BCUT2D eigenvalue weighted by Crippen LogP contribution is -2.42. The summed E-state index contributed by atoms with van der Waals surface area (Å²) in [5.74, 6) is 1.05. The molecule has 0 spiro atoms. The van der Waals surface area contributed by atoms with Crippen molar-refractivity contribution in [3.05, 3.63) is 0 Å². The van der Waals surface area contributed by atoms with Crippen LogP contribution < -0.4 is 5.32 Å². The van der Waals surface area contributed by atoms with E-state index in [0.29, 0.717) is 6.54 Å². The summed E-state index contributed by atoms with van der Waals surface area (Å²) < 4.78 is 0. The first kappa shape index (κ1) is 14.5.